The largest absolute Gasteiger partial charge is 0.495 e. The van der Waals surface area contributed by atoms with Gasteiger partial charge in [-0.25, -0.2) is 16.8 Å². The molecule has 2 fully saturated rings. The van der Waals surface area contributed by atoms with Crippen LogP contribution in [0.2, 0.25) is 0 Å². The molecule has 2 saturated heterocycles. The lowest BCUT2D eigenvalue weighted by Gasteiger charge is -2.36. The van der Waals surface area contributed by atoms with E-state index >= 15 is 0 Å². The number of ether oxygens (including phenoxy) is 2. The number of nitrogens with zero attached hydrogens (tertiary/aromatic N) is 1. The Bertz CT molecular complexity index is 996. The molecule has 8 nitrogen and oxygen atoms in total. The van der Waals surface area contributed by atoms with Crippen LogP contribution in [0.25, 0.3) is 0 Å². The van der Waals surface area contributed by atoms with Crippen molar-refractivity contribution < 1.29 is 31.1 Å². The van der Waals surface area contributed by atoms with Gasteiger partial charge >= 0.3 is 5.97 Å². The summed E-state index contributed by atoms with van der Waals surface area (Å²) in [6.07, 6.45) is 1.05. The highest BCUT2D eigenvalue weighted by Crippen LogP contribution is 2.35. The number of esters is 1. The van der Waals surface area contributed by atoms with Gasteiger partial charge in [0.15, 0.2) is 19.7 Å². The molecule has 0 N–H and O–H groups in total. The smallest absolute Gasteiger partial charge is 0.309 e. The Kier molecular flexibility index (Phi) is 6.78. The summed E-state index contributed by atoms with van der Waals surface area (Å²) in [7, 11) is -6.06. The maximum Gasteiger partial charge on any atom is 0.309 e. The average molecular weight is 460 g/mol. The van der Waals surface area contributed by atoms with Crippen LogP contribution in [0.15, 0.2) is 23.1 Å². The summed E-state index contributed by atoms with van der Waals surface area (Å²) >= 11 is 0. The fourth-order valence-electron chi connectivity index (χ4n) is 4.33. The van der Waals surface area contributed by atoms with E-state index in [0.717, 1.165) is 5.56 Å². The number of rotatable bonds is 6. The van der Waals surface area contributed by atoms with Crippen LogP contribution in [-0.2, 0) is 29.2 Å². The molecule has 3 rings (SSSR count). The van der Waals surface area contributed by atoms with Crippen molar-refractivity contribution in [3.8, 4) is 5.75 Å². The van der Waals surface area contributed by atoms with Crippen molar-refractivity contribution in [2.75, 3.05) is 38.3 Å². The van der Waals surface area contributed by atoms with Crippen LogP contribution in [0.3, 0.4) is 0 Å². The summed E-state index contributed by atoms with van der Waals surface area (Å²) in [5, 5.41) is -1.07. The molecule has 0 spiro atoms. The number of likely N-dealkylation sites (tertiary alicyclic amines) is 1. The molecular formula is C20H29NO7S2. The van der Waals surface area contributed by atoms with Gasteiger partial charge in [0.25, 0.3) is 0 Å². The molecule has 0 saturated carbocycles. The van der Waals surface area contributed by atoms with E-state index in [4.69, 9.17) is 9.47 Å². The summed E-state index contributed by atoms with van der Waals surface area (Å²) in [6, 6.07) is 4.23. The van der Waals surface area contributed by atoms with Crippen molar-refractivity contribution in [3.05, 3.63) is 23.8 Å². The van der Waals surface area contributed by atoms with Gasteiger partial charge in [-0.2, -0.15) is 0 Å². The van der Waals surface area contributed by atoms with E-state index in [1.807, 2.05) is 4.90 Å². The first-order valence-electron chi connectivity index (χ1n) is 10.1. The Balaban J connectivity index is 1.87. The standard InChI is InChI=1S/C20H29NO7S2/c1-4-28-20(22)15-7-9-21(10-8-15)16-12-29(23,24)13-19(16)30(25,26)18-11-14(2)5-6-17(18)27-3/h5-6,11,15-16,19H,4,7-10,12-13H2,1-3H3/t16-,19-/m1/s1. The molecule has 1 aromatic rings. The van der Waals surface area contributed by atoms with E-state index in [1.165, 1.54) is 13.2 Å². The molecule has 2 aliphatic rings. The molecular weight excluding hydrogens is 430 g/mol. The molecule has 2 heterocycles. The van der Waals surface area contributed by atoms with Gasteiger partial charge in [0.1, 0.15) is 10.6 Å². The second-order valence-electron chi connectivity index (χ2n) is 7.94. The van der Waals surface area contributed by atoms with Crippen LogP contribution in [0.1, 0.15) is 25.3 Å². The molecule has 1 aromatic carbocycles. The van der Waals surface area contributed by atoms with Crippen LogP contribution in [0, 0.1) is 12.8 Å². The third kappa shape index (κ3) is 4.65. The molecule has 10 heteroatoms. The van der Waals surface area contributed by atoms with Gasteiger partial charge in [0, 0.05) is 6.04 Å². The van der Waals surface area contributed by atoms with E-state index in [2.05, 4.69) is 0 Å². The molecule has 30 heavy (non-hydrogen) atoms. The van der Waals surface area contributed by atoms with Gasteiger partial charge < -0.3 is 9.47 Å². The zero-order valence-corrected chi connectivity index (χ0v) is 19.2. The van der Waals surface area contributed by atoms with Crippen LogP contribution in [0.4, 0.5) is 0 Å². The number of sulfone groups is 2. The maximum atomic E-state index is 13.5. The van der Waals surface area contributed by atoms with E-state index in [9.17, 15) is 21.6 Å². The predicted octanol–water partition coefficient (Wildman–Crippen LogP) is 1.22. The van der Waals surface area contributed by atoms with Crippen LogP contribution in [-0.4, -0.2) is 77.3 Å². The zero-order valence-electron chi connectivity index (χ0n) is 17.5. The summed E-state index contributed by atoms with van der Waals surface area (Å²) < 4.78 is 62.3. The van der Waals surface area contributed by atoms with Crippen LogP contribution in [0.5, 0.6) is 5.75 Å². The topological polar surface area (TPSA) is 107 Å². The summed E-state index contributed by atoms with van der Waals surface area (Å²) in [5.74, 6) is -0.870. The van der Waals surface area contributed by atoms with Gasteiger partial charge in [-0.1, -0.05) is 6.07 Å². The van der Waals surface area contributed by atoms with Gasteiger partial charge in [-0.15, -0.1) is 0 Å². The maximum absolute atomic E-state index is 13.5. The van der Waals surface area contributed by atoms with E-state index in [-0.39, 0.29) is 28.3 Å². The molecule has 0 unspecified atom stereocenters. The summed E-state index contributed by atoms with van der Waals surface area (Å²) in [5.41, 5.74) is 0.752. The second kappa shape index (κ2) is 8.84. The third-order valence-electron chi connectivity index (χ3n) is 5.91. The van der Waals surface area contributed by atoms with Crippen molar-refractivity contribution >= 4 is 25.6 Å². The van der Waals surface area contributed by atoms with Crippen molar-refractivity contribution in [1.29, 1.82) is 0 Å². The predicted molar refractivity (Wildman–Crippen MR) is 112 cm³/mol. The molecule has 0 bridgehead atoms. The SMILES string of the molecule is CCOC(=O)C1CCN([C@@H]2CS(=O)(=O)C[C@H]2S(=O)(=O)c2cc(C)ccc2OC)CC1. The number of carbonyl (C=O) groups excluding carboxylic acids is 1. The minimum atomic E-state index is -3.95. The van der Waals surface area contributed by atoms with E-state index in [1.54, 1.807) is 26.0 Å². The lowest BCUT2D eigenvalue weighted by atomic mass is 9.95. The van der Waals surface area contributed by atoms with Gasteiger partial charge in [0.2, 0.25) is 0 Å². The van der Waals surface area contributed by atoms with E-state index in [0.29, 0.717) is 32.5 Å². The van der Waals surface area contributed by atoms with E-state index < -0.39 is 36.7 Å². The highest BCUT2D eigenvalue weighted by Gasteiger charge is 2.49. The van der Waals surface area contributed by atoms with Crippen molar-refractivity contribution in [1.82, 2.24) is 4.90 Å². The first-order chi connectivity index (χ1) is 14.1. The number of aryl methyl sites for hydroxylation is 1. The monoisotopic (exact) mass is 459 g/mol. The molecule has 0 amide bonds. The Hall–Kier alpha value is -1.65. The van der Waals surface area contributed by atoms with Crippen molar-refractivity contribution in [2.45, 2.75) is 42.9 Å². The summed E-state index contributed by atoms with van der Waals surface area (Å²) in [6.45, 7) is 4.77. The quantitative estimate of drug-likeness (QED) is 0.585. The molecule has 0 aliphatic carbocycles. The lowest BCUT2D eigenvalue weighted by molar-refractivity contribution is -0.149. The molecule has 0 radical (unpaired) electrons. The minimum Gasteiger partial charge on any atom is -0.495 e. The first kappa shape index (κ1) is 23.0. The van der Waals surface area contributed by atoms with Crippen LogP contribution < -0.4 is 4.74 Å². The number of methoxy groups -OCH3 is 1. The summed E-state index contributed by atoms with van der Waals surface area (Å²) in [4.78, 5) is 13.9. The number of carbonyl (C=O) groups is 1. The van der Waals surface area contributed by atoms with Gasteiger partial charge in [0.05, 0.1) is 36.4 Å². The number of benzene rings is 1. The Morgan fingerprint density at radius 1 is 1.20 bits per heavy atom. The van der Waals surface area contributed by atoms with Gasteiger partial charge in [-0.3, -0.25) is 9.69 Å². The number of piperidine rings is 1. The van der Waals surface area contributed by atoms with Gasteiger partial charge in [-0.05, 0) is 57.5 Å². The molecule has 168 valence electrons. The molecule has 0 aromatic heterocycles. The molecule has 2 atom stereocenters. The highest BCUT2D eigenvalue weighted by atomic mass is 32.2. The lowest BCUT2D eigenvalue weighted by Crippen LogP contribution is -2.50. The molecule has 2 aliphatic heterocycles. The van der Waals surface area contributed by atoms with Crippen molar-refractivity contribution in [2.24, 2.45) is 5.92 Å². The average Bonchev–Trinajstić information content (AvgIpc) is 3.04. The normalized spacial score (nSPS) is 25.2. The Morgan fingerprint density at radius 2 is 1.87 bits per heavy atom. The number of hydrogen-bond acceptors (Lipinski definition) is 8. The second-order valence-corrected chi connectivity index (χ2v) is 12.2. The Labute approximate surface area is 178 Å². The number of hydrogen-bond donors (Lipinski definition) is 0. The fourth-order valence-corrected chi connectivity index (χ4v) is 9.40. The highest BCUT2D eigenvalue weighted by molar-refractivity contribution is 7.96. The third-order valence-corrected chi connectivity index (χ3v) is 10.1. The fraction of sp³-hybridized carbons (Fsp3) is 0.650. The first-order valence-corrected chi connectivity index (χ1v) is 13.5. The van der Waals surface area contributed by atoms with Crippen molar-refractivity contribution in [3.63, 3.8) is 0 Å². The zero-order chi connectivity index (χ0) is 22.1. The minimum absolute atomic E-state index is 0.0264. The Morgan fingerprint density at radius 3 is 2.47 bits per heavy atom. The van der Waals surface area contributed by atoms with Crippen LogP contribution >= 0.6 is 0 Å².